The molecule has 1 aromatic rings. The molecule has 1 aliphatic carbocycles. The molecule has 1 saturated heterocycles. The van der Waals surface area contributed by atoms with Gasteiger partial charge in [-0.3, -0.25) is 4.79 Å². The van der Waals surface area contributed by atoms with Crippen LogP contribution in [0, 0.1) is 18.8 Å². The molecule has 3 rings (SSSR count). The molecular weight excluding hydrogens is 350 g/mol. The molecule has 6 nitrogen and oxygen atoms in total. The first-order valence-corrected chi connectivity index (χ1v) is 10.9. The molecule has 2 fully saturated rings. The Morgan fingerprint density at radius 3 is 2.62 bits per heavy atom. The first-order valence-electron chi connectivity index (χ1n) is 9.46. The van der Waals surface area contributed by atoms with Gasteiger partial charge in [0, 0.05) is 31.6 Å². The van der Waals surface area contributed by atoms with Crippen molar-refractivity contribution in [2.75, 3.05) is 19.6 Å². The number of nitrogens with zero attached hydrogens (tertiary/aromatic N) is 1. The number of hydrogen-bond acceptors (Lipinski definition) is 4. The largest absolute Gasteiger partial charge is 0.342 e. The van der Waals surface area contributed by atoms with Gasteiger partial charge in [-0.2, -0.15) is 0 Å². The van der Waals surface area contributed by atoms with Gasteiger partial charge in [-0.15, -0.1) is 0 Å². The fraction of sp³-hybridized carbons (Fsp3) is 0.632. The lowest BCUT2D eigenvalue weighted by Gasteiger charge is -2.34. The molecule has 3 N–H and O–H groups in total. The van der Waals surface area contributed by atoms with Gasteiger partial charge in [0.05, 0.1) is 4.90 Å². The number of benzene rings is 1. The van der Waals surface area contributed by atoms with Crippen LogP contribution < -0.4 is 10.5 Å². The van der Waals surface area contributed by atoms with Crippen LogP contribution in [0.5, 0.6) is 0 Å². The maximum atomic E-state index is 12.7. The highest BCUT2D eigenvalue weighted by atomic mass is 32.2. The van der Waals surface area contributed by atoms with E-state index in [-0.39, 0.29) is 28.7 Å². The quantitative estimate of drug-likeness (QED) is 0.813. The third-order valence-electron chi connectivity index (χ3n) is 5.55. The molecule has 0 radical (unpaired) electrons. The third-order valence-corrected chi connectivity index (χ3v) is 6.99. The first-order chi connectivity index (χ1) is 12.3. The second kappa shape index (κ2) is 8.06. The van der Waals surface area contributed by atoms with Crippen LogP contribution in [-0.4, -0.2) is 44.9 Å². The van der Waals surface area contributed by atoms with Crippen molar-refractivity contribution in [1.29, 1.82) is 0 Å². The van der Waals surface area contributed by atoms with Crippen LogP contribution in [0.3, 0.4) is 0 Å². The zero-order chi connectivity index (χ0) is 18.7. The Balaban J connectivity index is 1.55. The minimum absolute atomic E-state index is 0.0491. The average molecular weight is 380 g/mol. The van der Waals surface area contributed by atoms with Crippen LogP contribution in [-0.2, 0) is 14.8 Å². The molecule has 3 unspecified atom stereocenters. The molecule has 1 aliphatic heterocycles. The first kappa shape index (κ1) is 19.3. The normalized spacial score (nSPS) is 26.8. The molecule has 0 bridgehead atoms. The smallest absolute Gasteiger partial charge is 0.240 e. The van der Waals surface area contributed by atoms with Crippen molar-refractivity contribution in [2.45, 2.75) is 50.0 Å². The van der Waals surface area contributed by atoms with E-state index in [1.807, 2.05) is 11.8 Å². The number of likely N-dealkylation sites (tertiary alicyclic amines) is 1. The second-order valence-corrected chi connectivity index (χ2v) is 9.49. The number of rotatable bonds is 5. The number of carbonyl (C=O) groups is 1. The molecule has 1 amide bonds. The SMILES string of the molecule is Cc1ccc(S(=O)(=O)NCC2CCCN(C(=O)C3CCC(N)C3)C2)cc1. The highest BCUT2D eigenvalue weighted by molar-refractivity contribution is 7.89. The summed E-state index contributed by atoms with van der Waals surface area (Å²) in [4.78, 5) is 14.9. The fourth-order valence-corrected chi connectivity index (χ4v) is 5.08. The van der Waals surface area contributed by atoms with Gasteiger partial charge in [0.2, 0.25) is 15.9 Å². The Labute approximate surface area is 156 Å². The van der Waals surface area contributed by atoms with Gasteiger partial charge < -0.3 is 10.6 Å². The Bertz CT molecular complexity index is 733. The van der Waals surface area contributed by atoms with E-state index < -0.39 is 10.0 Å². The van der Waals surface area contributed by atoms with Crippen molar-refractivity contribution in [3.63, 3.8) is 0 Å². The van der Waals surface area contributed by atoms with Crippen molar-refractivity contribution in [2.24, 2.45) is 17.6 Å². The van der Waals surface area contributed by atoms with Gasteiger partial charge in [-0.25, -0.2) is 13.1 Å². The van der Waals surface area contributed by atoms with Gasteiger partial charge in [-0.05, 0) is 57.1 Å². The molecular formula is C19H29N3O3S. The minimum atomic E-state index is -3.51. The second-order valence-electron chi connectivity index (χ2n) is 7.73. The standard InChI is InChI=1S/C19H29N3O3S/c1-14-4-8-18(9-5-14)26(24,25)21-12-15-3-2-10-22(13-15)19(23)16-6-7-17(20)11-16/h4-5,8-9,15-17,21H,2-3,6-7,10-13,20H2,1H3. The van der Waals surface area contributed by atoms with Crippen LogP contribution in [0.4, 0.5) is 0 Å². The molecule has 1 saturated carbocycles. The van der Waals surface area contributed by atoms with Crippen LogP contribution in [0.15, 0.2) is 29.2 Å². The molecule has 2 aliphatic rings. The Hall–Kier alpha value is -1.44. The van der Waals surface area contributed by atoms with E-state index in [0.717, 1.165) is 44.2 Å². The highest BCUT2D eigenvalue weighted by Crippen LogP contribution is 2.28. The van der Waals surface area contributed by atoms with E-state index >= 15 is 0 Å². The minimum Gasteiger partial charge on any atom is -0.342 e. The maximum absolute atomic E-state index is 12.7. The number of sulfonamides is 1. The Morgan fingerprint density at radius 1 is 1.23 bits per heavy atom. The monoisotopic (exact) mass is 379 g/mol. The van der Waals surface area contributed by atoms with E-state index in [4.69, 9.17) is 5.73 Å². The Kier molecular flexibility index (Phi) is 5.99. The topological polar surface area (TPSA) is 92.5 Å². The predicted octanol–water partition coefficient (Wildman–Crippen LogP) is 1.64. The van der Waals surface area contributed by atoms with Gasteiger partial charge in [-0.1, -0.05) is 17.7 Å². The predicted molar refractivity (Wildman–Crippen MR) is 101 cm³/mol. The summed E-state index contributed by atoms with van der Waals surface area (Å²) in [7, 11) is -3.51. The Morgan fingerprint density at radius 2 is 1.96 bits per heavy atom. The van der Waals surface area contributed by atoms with Gasteiger partial charge in [0.1, 0.15) is 0 Å². The summed E-state index contributed by atoms with van der Waals surface area (Å²) in [5.74, 6) is 0.403. The summed E-state index contributed by atoms with van der Waals surface area (Å²) in [5, 5.41) is 0. The van der Waals surface area contributed by atoms with Crippen molar-refractivity contribution >= 4 is 15.9 Å². The van der Waals surface area contributed by atoms with Crippen molar-refractivity contribution in [3.05, 3.63) is 29.8 Å². The van der Waals surface area contributed by atoms with Crippen molar-refractivity contribution in [3.8, 4) is 0 Å². The third kappa shape index (κ3) is 4.64. The lowest BCUT2D eigenvalue weighted by Crippen LogP contribution is -2.45. The number of hydrogen-bond donors (Lipinski definition) is 2. The maximum Gasteiger partial charge on any atom is 0.240 e. The molecule has 0 spiro atoms. The summed E-state index contributed by atoms with van der Waals surface area (Å²) in [5.41, 5.74) is 6.96. The van der Waals surface area contributed by atoms with Crippen molar-refractivity contribution < 1.29 is 13.2 Å². The average Bonchev–Trinajstić information content (AvgIpc) is 3.06. The number of nitrogens with one attached hydrogen (secondary N) is 1. The summed E-state index contributed by atoms with van der Waals surface area (Å²) in [6.45, 7) is 3.69. The summed E-state index contributed by atoms with van der Waals surface area (Å²) in [6.07, 6.45) is 4.43. The summed E-state index contributed by atoms with van der Waals surface area (Å²) >= 11 is 0. The van der Waals surface area contributed by atoms with E-state index in [0.29, 0.717) is 13.1 Å². The number of nitrogens with two attached hydrogens (primary N) is 1. The van der Waals surface area contributed by atoms with E-state index in [1.165, 1.54) is 0 Å². The number of carbonyl (C=O) groups excluding carboxylic acids is 1. The molecule has 144 valence electrons. The van der Waals surface area contributed by atoms with Gasteiger partial charge in [0.15, 0.2) is 0 Å². The zero-order valence-corrected chi connectivity index (χ0v) is 16.2. The molecule has 26 heavy (non-hydrogen) atoms. The van der Waals surface area contributed by atoms with Gasteiger partial charge in [0.25, 0.3) is 0 Å². The molecule has 3 atom stereocenters. The molecule has 7 heteroatoms. The van der Waals surface area contributed by atoms with Crippen LogP contribution in [0.1, 0.15) is 37.7 Å². The summed E-state index contributed by atoms with van der Waals surface area (Å²) in [6, 6.07) is 6.98. The highest BCUT2D eigenvalue weighted by Gasteiger charge is 2.33. The van der Waals surface area contributed by atoms with Crippen LogP contribution >= 0.6 is 0 Å². The van der Waals surface area contributed by atoms with Crippen LogP contribution in [0.25, 0.3) is 0 Å². The lowest BCUT2D eigenvalue weighted by atomic mass is 9.96. The fourth-order valence-electron chi connectivity index (χ4n) is 3.96. The molecule has 1 aromatic carbocycles. The molecule has 1 heterocycles. The lowest BCUT2D eigenvalue weighted by molar-refractivity contribution is -0.137. The van der Waals surface area contributed by atoms with E-state index in [1.54, 1.807) is 24.3 Å². The molecule has 0 aromatic heterocycles. The number of piperidine rings is 1. The number of aryl methyl sites for hydroxylation is 1. The van der Waals surface area contributed by atoms with Gasteiger partial charge >= 0.3 is 0 Å². The van der Waals surface area contributed by atoms with Crippen molar-refractivity contribution in [1.82, 2.24) is 9.62 Å². The zero-order valence-electron chi connectivity index (χ0n) is 15.4. The number of amides is 1. The van der Waals surface area contributed by atoms with Crippen LogP contribution in [0.2, 0.25) is 0 Å². The van der Waals surface area contributed by atoms with E-state index in [9.17, 15) is 13.2 Å². The summed E-state index contributed by atoms with van der Waals surface area (Å²) < 4.78 is 27.6. The van der Waals surface area contributed by atoms with E-state index in [2.05, 4.69) is 4.72 Å².